The zero-order valence-electron chi connectivity index (χ0n) is 12.6. The van der Waals surface area contributed by atoms with E-state index in [1.165, 1.54) is 0 Å². The molecule has 1 aromatic carbocycles. The van der Waals surface area contributed by atoms with E-state index in [0.717, 1.165) is 18.5 Å². The fourth-order valence-electron chi connectivity index (χ4n) is 1.83. The van der Waals surface area contributed by atoms with E-state index in [0.29, 0.717) is 18.7 Å². The summed E-state index contributed by atoms with van der Waals surface area (Å²) in [4.78, 5) is 23.6. The van der Waals surface area contributed by atoms with E-state index in [2.05, 4.69) is 16.0 Å². The third-order valence-electron chi connectivity index (χ3n) is 2.94. The van der Waals surface area contributed by atoms with Crippen molar-refractivity contribution in [2.45, 2.75) is 6.42 Å². The van der Waals surface area contributed by atoms with Gasteiger partial charge in [-0.2, -0.15) is 0 Å². The molecular weight excluding hydrogens is 270 g/mol. The number of methoxy groups -OCH3 is 1. The number of nitrogens with one attached hydrogen (secondary N) is 3. The van der Waals surface area contributed by atoms with Gasteiger partial charge in [0, 0.05) is 19.2 Å². The molecule has 0 aliphatic heterocycles. The molecule has 0 aromatic heterocycles. The number of amides is 2. The Morgan fingerprint density at radius 1 is 1.14 bits per heavy atom. The van der Waals surface area contributed by atoms with Gasteiger partial charge >= 0.3 is 0 Å². The molecule has 21 heavy (non-hydrogen) atoms. The van der Waals surface area contributed by atoms with Crippen LogP contribution in [0.4, 0.5) is 0 Å². The van der Waals surface area contributed by atoms with Crippen molar-refractivity contribution in [3.63, 3.8) is 0 Å². The summed E-state index contributed by atoms with van der Waals surface area (Å²) >= 11 is 0. The van der Waals surface area contributed by atoms with Crippen molar-refractivity contribution in [2.75, 3.05) is 40.4 Å². The Kier molecular flexibility index (Phi) is 8.08. The van der Waals surface area contributed by atoms with E-state index >= 15 is 0 Å². The lowest BCUT2D eigenvalue weighted by molar-refractivity contribution is -0.120. The molecule has 0 aliphatic rings. The smallest absolute Gasteiger partial charge is 0.251 e. The average molecular weight is 293 g/mol. The van der Waals surface area contributed by atoms with Gasteiger partial charge in [-0.3, -0.25) is 9.59 Å². The molecule has 1 rings (SSSR count). The molecule has 0 radical (unpaired) electrons. The topological polar surface area (TPSA) is 79.5 Å². The van der Waals surface area contributed by atoms with Gasteiger partial charge in [-0.05, 0) is 31.6 Å². The first-order chi connectivity index (χ1) is 10.2. The van der Waals surface area contributed by atoms with Crippen molar-refractivity contribution < 1.29 is 14.3 Å². The first-order valence-corrected chi connectivity index (χ1v) is 6.95. The monoisotopic (exact) mass is 293 g/mol. The Morgan fingerprint density at radius 3 is 2.62 bits per heavy atom. The standard InChI is InChI=1S/C15H23N3O3/c1-16-8-7-12-5-3-4-6-13(12)15(20)18-11-14(19)17-9-10-21-2/h3-6,16H,7-11H2,1-2H3,(H,17,19)(H,18,20). The normalized spacial score (nSPS) is 10.2. The van der Waals surface area contributed by atoms with Crippen LogP contribution >= 0.6 is 0 Å². The van der Waals surface area contributed by atoms with Gasteiger partial charge < -0.3 is 20.7 Å². The van der Waals surface area contributed by atoms with Crippen LogP contribution in [0.3, 0.4) is 0 Å². The van der Waals surface area contributed by atoms with Crippen LogP contribution in [0.1, 0.15) is 15.9 Å². The van der Waals surface area contributed by atoms with E-state index in [4.69, 9.17) is 4.74 Å². The maximum absolute atomic E-state index is 12.1. The largest absolute Gasteiger partial charge is 0.383 e. The fourth-order valence-corrected chi connectivity index (χ4v) is 1.83. The molecule has 6 heteroatoms. The molecule has 0 bridgehead atoms. The van der Waals surface area contributed by atoms with Gasteiger partial charge in [0.2, 0.25) is 5.91 Å². The van der Waals surface area contributed by atoms with Crippen molar-refractivity contribution in [1.29, 1.82) is 0 Å². The molecule has 116 valence electrons. The quantitative estimate of drug-likeness (QED) is 0.557. The van der Waals surface area contributed by atoms with Crippen LogP contribution in [0.15, 0.2) is 24.3 Å². The number of hydrogen-bond donors (Lipinski definition) is 3. The molecule has 0 unspecified atom stereocenters. The minimum atomic E-state index is -0.233. The number of rotatable bonds is 9. The number of benzene rings is 1. The Morgan fingerprint density at radius 2 is 1.90 bits per heavy atom. The number of hydrogen-bond acceptors (Lipinski definition) is 4. The van der Waals surface area contributed by atoms with Gasteiger partial charge in [-0.1, -0.05) is 18.2 Å². The van der Waals surface area contributed by atoms with Gasteiger partial charge in [-0.15, -0.1) is 0 Å². The predicted molar refractivity (Wildman–Crippen MR) is 81.3 cm³/mol. The molecule has 6 nitrogen and oxygen atoms in total. The summed E-state index contributed by atoms with van der Waals surface area (Å²) in [7, 11) is 3.43. The highest BCUT2D eigenvalue weighted by Crippen LogP contribution is 2.09. The highest BCUT2D eigenvalue weighted by Gasteiger charge is 2.11. The van der Waals surface area contributed by atoms with Crippen molar-refractivity contribution in [3.05, 3.63) is 35.4 Å². The zero-order valence-corrected chi connectivity index (χ0v) is 12.6. The third-order valence-corrected chi connectivity index (χ3v) is 2.94. The summed E-state index contributed by atoms with van der Waals surface area (Å²) < 4.78 is 4.83. The molecule has 0 atom stereocenters. The Balaban J connectivity index is 2.49. The molecule has 0 saturated carbocycles. The number of carbonyl (C=O) groups is 2. The Bertz CT molecular complexity index is 463. The summed E-state index contributed by atoms with van der Waals surface area (Å²) in [6.07, 6.45) is 0.764. The molecule has 0 fully saturated rings. The summed E-state index contributed by atoms with van der Waals surface area (Å²) in [6, 6.07) is 7.41. The molecular formula is C15H23N3O3. The van der Waals surface area contributed by atoms with Crippen LogP contribution < -0.4 is 16.0 Å². The van der Waals surface area contributed by atoms with E-state index in [1.807, 2.05) is 25.2 Å². The van der Waals surface area contributed by atoms with Crippen LogP contribution in [-0.2, 0) is 16.0 Å². The summed E-state index contributed by atoms with van der Waals surface area (Å²) in [5, 5.41) is 8.33. The molecule has 0 saturated heterocycles. The highest BCUT2D eigenvalue weighted by atomic mass is 16.5. The molecule has 0 spiro atoms. The third kappa shape index (κ3) is 6.37. The second-order valence-electron chi connectivity index (χ2n) is 4.54. The highest BCUT2D eigenvalue weighted by molar-refractivity contribution is 5.97. The van der Waals surface area contributed by atoms with Gasteiger partial charge in [0.05, 0.1) is 13.2 Å². The minimum absolute atomic E-state index is 0.0388. The van der Waals surface area contributed by atoms with Crippen molar-refractivity contribution in [1.82, 2.24) is 16.0 Å². The minimum Gasteiger partial charge on any atom is -0.383 e. The lowest BCUT2D eigenvalue weighted by Crippen LogP contribution is -2.38. The van der Waals surface area contributed by atoms with Crippen LogP contribution in [0, 0.1) is 0 Å². The SMILES string of the molecule is CNCCc1ccccc1C(=O)NCC(=O)NCCOC. The van der Waals surface area contributed by atoms with Gasteiger partial charge in [-0.25, -0.2) is 0 Å². The average Bonchev–Trinajstić information content (AvgIpc) is 2.51. The van der Waals surface area contributed by atoms with Crippen molar-refractivity contribution in [3.8, 4) is 0 Å². The van der Waals surface area contributed by atoms with E-state index in [9.17, 15) is 9.59 Å². The maximum Gasteiger partial charge on any atom is 0.251 e. The lowest BCUT2D eigenvalue weighted by Gasteiger charge is -2.10. The van der Waals surface area contributed by atoms with Crippen LogP contribution in [-0.4, -0.2) is 52.2 Å². The zero-order chi connectivity index (χ0) is 15.5. The second kappa shape index (κ2) is 9.90. The van der Waals surface area contributed by atoms with Gasteiger partial charge in [0.25, 0.3) is 5.91 Å². The number of carbonyl (C=O) groups excluding carboxylic acids is 2. The van der Waals surface area contributed by atoms with Crippen LogP contribution in [0.2, 0.25) is 0 Å². The van der Waals surface area contributed by atoms with Crippen LogP contribution in [0.25, 0.3) is 0 Å². The van der Waals surface area contributed by atoms with Gasteiger partial charge in [0.15, 0.2) is 0 Å². The summed E-state index contributed by atoms with van der Waals surface area (Å²) in [5.74, 6) is -0.461. The summed E-state index contributed by atoms with van der Waals surface area (Å²) in [5.41, 5.74) is 1.57. The molecule has 0 heterocycles. The second-order valence-corrected chi connectivity index (χ2v) is 4.54. The molecule has 3 N–H and O–H groups in total. The lowest BCUT2D eigenvalue weighted by atomic mass is 10.0. The molecule has 2 amide bonds. The van der Waals surface area contributed by atoms with E-state index in [1.54, 1.807) is 13.2 Å². The molecule has 0 aliphatic carbocycles. The van der Waals surface area contributed by atoms with Crippen LogP contribution in [0.5, 0.6) is 0 Å². The fraction of sp³-hybridized carbons (Fsp3) is 0.467. The first kappa shape index (κ1) is 17.1. The Hall–Kier alpha value is -1.92. The number of likely N-dealkylation sites (N-methyl/N-ethyl adjacent to an activating group) is 1. The van der Waals surface area contributed by atoms with Crippen molar-refractivity contribution >= 4 is 11.8 Å². The summed E-state index contributed by atoms with van der Waals surface area (Å²) in [6.45, 7) is 1.64. The number of ether oxygens (including phenoxy) is 1. The molecule has 1 aromatic rings. The maximum atomic E-state index is 12.1. The first-order valence-electron chi connectivity index (χ1n) is 6.95. The predicted octanol–water partition coefficient (Wildman–Crippen LogP) is -0.0591. The Labute approximate surface area is 125 Å². The van der Waals surface area contributed by atoms with Gasteiger partial charge in [0.1, 0.15) is 0 Å². The van der Waals surface area contributed by atoms with E-state index < -0.39 is 0 Å². The van der Waals surface area contributed by atoms with E-state index in [-0.39, 0.29) is 18.4 Å². The van der Waals surface area contributed by atoms with Crippen molar-refractivity contribution in [2.24, 2.45) is 0 Å².